The van der Waals surface area contributed by atoms with Crippen LogP contribution in [0.15, 0.2) is 48.8 Å². The number of nitrogens with one attached hydrogen (secondary N) is 3. The first-order valence-electron chi connectivity index (χ1n) is 8.13. The summed E-state index contributed by atoms with van der Waals surface area (Å²) in [5.41, 5.74) is 1.77. The van der Waals surface area contributed by atoms with Crippen LogP contribution in [-0.4, -0.2) is 42.6 Å². The minimum absolute atomic E-state index is 0. The van der Waals surface area contributed by atoms with E-state index in [0.717, 1.165) is 12.1 Å². The number of carbonyl (C=O) groups is 2. The summed E-state index contributed by atoms with van der Waals surface area (Å²) in [5.74, 6) is -0.526. The van der Waals surface area contributed by atoms with Gasteiger partial charge in [-0.2, -0.15) is 0 Å². The molecule has 1 atom stereocenters. The molecule has 3 N–H and O–H groups in total. The van der Waals surface area contributed by atoms with E-state index in [1.54, 1.807) is 36.7 Å². The highest BCUT2D eigenvalue weighted by Crippen LogP contribution is 2.16. The summed E-state index contributed by atoms with van der Waals surface area (Å²) in [6.45, 7) is 2.05. The summed E-state index contributed by atoms with van der Waals surface area (Å²) in [6.07, 6.45) is 2.82. The molecule has 1 unspecified atom stereocenters. The van der Waals surface area contributed by atoms with Gasteiger partial charge in [0.25, 0.3) is 11.8 Å². The average molecular weight is 413 g/mol. The maximum absolute atomic E-state index is 12.5. The second-order valence-corrected chi connectivity index (χ2v) is 5.64. The molecule has 1 aromatic carbocycles. The van der Waals surface area contributed by atoms with Gasteiger partial charge in [-0.1, -0.05) is 18.2 Å². The number of pyridine rings is 1. The second-order valence-electron chi connectivity index (χ2n) is 5.64. The van der Waals surface area contributed by atoms with E-state index >= 15 is 0 Å². The fourth-order valence-corrected chi connectivity index (χ4v) is 2.52. The average Bonchev–Trinajstić information content (AvgIpc) is 2.68. The van der Waals surface area contributed by atoms with Crippen LogP contribution in [0.4, 0.5) is 5.69 Å². The lowest BCUT2D eigenvalue weighted by Crippen LogP contribution is -2.45. The van der Waals surface area contributed by atoms with Crippen molar-refractivity contribution in [1.82, 2.24) is 15.6 Å². The second kappa shape index (κ2) is 11.5. The van der Waals surface area contributed by atoms with E-state index in [4.69, 9.17) is 4.74 Å². The number of carbonyl (C=O) groups excluding carboxylic acids is 2. The van der Waals surface area contributed by atoms with Crippen LogP contribution < -0.4 is 16.0 Å². The molecule has 2 heterocycles. The number of hydrogen-bond donors (Lipinski definition) is 3. The maximum Gasteiger partial charge on any atom is 0.254 e. The van der Waals surface area contributed by atoms with Gasteiger partial charge in [-0.3, -0.25) is 14.6 Å². The Labute approximate surface area is 170 Å². The quantitative estimate of drug-likeness (QED) is 0.695. The van der Waals surface area contributed by atoms with Crippen LogP contribution in [0.25, 0.3) is 0 Å². The van der Waals surface area contributed by atoms with Gasteiger partial charge in [0.05, 0.1) is 17.9 Å². The Morgan fingerprint density at radius 3 is 2.70 bits per heavy atom. The molecule has 0 aliphatic carbocycles. The number of hydrogen-bond acceptors (Lipinski definition) is 5. The normalized spacial score (nSPS) is 15.6. The molecule has 2 aromatic rings. The molecule has 146 valence electrons. The van der Waals surface area contributed by atoms with E-state index in [1.165, 1.54) is 0 Å². The molecule has 1 aliphatic heterocycles. The van der Waals surface area contributed by atoms with Gasteiger partial charge >= 0.3 is 0 Å². The minimum Gasteiger partial charge on any atom is -0.366 e. The zero-order valence-electron chi connectivity index (χ0n) is 14.5. The highest BCUT2D eigenvalue weighted by Gasteiger charge is 2.23. The lowest BCUT2D eigenvalue weighted by Gasteiger charge is -2.23. The highest BCUT2D eigenvalue weighted by atomic mass is 35.5. The number of rotatable bonds is 5. The van der Waals surface area contributed by atoms with Crippen molar-refractivity contribution in [3.8, 4) is 0 Å². The summed E-state index contributed by atoms with van der Waals surface area (Å²) in [5, 5.41) is 8.72. The van der Waals surface area contributed by atoms with Gasteiger partial charge in [0.15, 0.2) is 0 Å². The summed E-state index contributed by atoms with van der Waals surface area (Å²) in [7, 11) is 0. The third kappa shape index (κ3) is 6.48. The van der Waals surface area contributed by atoms with Gasteiger partial charge in [0, 0.05) is 32.0 Å². The van der Waals surface area contributed by atoms with Crippen molar-refractivity contribution < 1.29 is 14.3 Å². The molecular weight excluding hydrogens is 391 g/mol. The molecule has 1 aromatic heterocycles. The molecule has 2 amide bonds. The molecule has 1 aliphatic rings. The Bertz CT molecular complexity index is 740. The van der Waals surface area contributed by atoms with Gasteiger partial charge in [0.2, 0.25) is 0 Å². The van der Waals surface area contributed by atoms with Crippen LogP contribution in [0.1, 0.15) is 15.9 Å². The molecule has 7 nitrogen and oxygen atoms in total. The fraction of sp³-hybridized carbons (Fsp3) is 0.278. The van der Waals surface area contributed by atoms with Crippen molar-refractivity contribution in [2.45, 2.75) is 12.6 Å². The molecule has 0 saturated carbocycles. The fourth-order valence-electron chi connectivity index (χ4n) is 2.52. The maximum atomic E-state index is 12.5. The van der Waals surface area contributed by atoms with Crippen LogP contribution >= 0.6 is 24.8 Å². The monoisotopic (exact) mass is 412 g/mol. The smallest absolute Gasteiger partial charge is 0.254 e. The van der Waals surface area contributed by atoms with Crippen LogP contribution in [0.5, 0.6) is 0 Å². The van der Waals surface area contributed by atoms with Crippen molar-refractivity contribution in [2.75, 3.05) is 25.0 Å². The molecule has 3 rings (SSSR count). The standard InChI is InChI=1S/C18H20N4O3.2ClH/c23-17(21-11-13-4-3-7-19-10-13)14-5-1-2-6-15(14)22-18(24)16-12-20-8-9-25-16;;/h1-7,10,16,20H,8-9,11-12H2,(H,21,23)(H,22,24);2*1H. The van der Waals surface area contributed by atoms with Crippen LogP contribution in [-0.2, 0) is 16.1 Å². The van der Waals surface area contributed by atoms with Crippen LogP contribution in [0.3, 0.4) is 0 Å². The summed E-state index contributed by atoms with van der Waals surface area (Å²) in [6, 6.07) is 10.6. The van der Waals surface area contributed by atoms with E-state index in [-0.39, 0.29) is 36.6 Å². The first kappa shape index (κ1) is 22.9. The van der Waals surface area contributed by atoms with E-state index in [2.05, 4.69) is 20.9 Å². The largest absolute Gasteiger partial charge is 0.366 e. The van der Waals surface area contributed by atoms with E-state index in [9.17, 15) is 9.59 Å². The third-order valence-corrected chi connectivity index (χ3v) is 3.83. The molecule has 1 saturated heterocycles. The van der Waals surface area contributed by atoms with Crippen LogP contribution in [0.2, 0.25) is 0 Å². The number of ether oxygens (including phenoxy) is 1. The number of morpholine rings is 1. The predicted molar refractivity (Wildman–Crippen MR) is 108 cm³/mol. The molecular formula is C18H22Cl2N4O3. The van der Waals surface area contributed by atoms with Crippen molar-refractivity contribution in [1.29, 1.82) is 0 Å². The number of aromatic nitrogens is 1. The van der Waals surface area contributed by atoms with Crippen molar-refractivity contribution >= 4 is 42.3 Å². The van der Waals surface area contributed by atoms with E-state index in [0.29, 0.717) is 30.9 Å². The molecule has 0 radical (unpaired) electrons. The number of halogens is 2. The van der Waals surface area contributed by atoms with Crippen molar-refractivity contribution in [2.24, 2.45) is 0 Å². The first-order chi connectivity index (χ1) is 12.2. The van der Waals surface area contributed by atoms with Gasteiger partial charge in [-0.15, -0.1) is 24.8 Å². The first-order valence-corrected chi connectivity index (χ1v) is 8.13. The summed E-state index contributed by atoms with van der Waals surface area (Å²) >= 11 is 0. The molecule has 27 heavy (non-hydrogen) atoms. The number of amides is 2. The van der Waals surface area contributed by atoms with E-state index in [1.807, 2.05) is 12.1 Å². The highest BCUT2D eigenvalue weighted by molar-refractivity contribution is 6.04. The Hall–Kier alpha value is -2.19. The zero-order chi connectivity index (χ0) is 17.5. The van der Waals surface area contributed by atoms with E-state index < -0.39 is 6.10 Å². The van der Waals surface area contributed by atoms with Gasteiger partial charge < -0.3 is 20.7 Å². The summed E-state index contributed by atoms with van der Waals surface area (Å²) in [4.78, 5) is 28.8. The number of nitrogens with zero attached hydrogens (tertiary/aromatic N) is 1. The number of para-hydroxylation sites is 1. The molecule has 1 fully saturated rings. The van der Waals surface area contributed by atoms with Gasteiger partial charge in [-0.25, -0.2) is 0 Å². The Kier molecular flexibility index (Phi) is 9.74. The third-order valence-electron chi connectivity index (χ3n) is 3.83. The molecule has 0 bridgehead atoms. The van der Waals surface area contributed by atoms with Gasteiger partial charge in [-0.05, 0) is 23.8 Å². The lowest BCUT2D eigenvalue weighted by atomic mass is 10.1. The Balaban J connectivity index is 0.00000182. The minimum atomic E-state index is -0.555. The van der Waals surface area contributed by atoms with Crippen molar-refractivity contribution in [3.63, 3.8) is 0 Å². The topological polar surface area (TPSA) is 92.4 Å². The molecule has 9 heteroatoms. The Morgan fingerprint density at radius 2 is 2.00 bits per heavy atom. The van der Waals surface area contributed by atoms with Crippen molar-refractivity contribution in [3.05, 3.63) is 59.9 Å². The Morgan fingerprint density at radius 1 is 1.19 bits per heavy atom. The predicted octanol–water partition coefficient (Wildman–Crippen LogP) is 1.78. The number of benzene rings is 1. The lowest BCUT2D eigenvalue weighted by molar-refractivity contribution is -0.128. The van der Waals surface area contributed by atoms with Crippen LogP contribution in [0, 0.1) is 0 Å². The SMILES string of the molecule is Cl.Cl.O=C(NCc1cccnc1)c1ccccc1NC(=O)C1CNCCO1. The summed E-state index contributed by atoms with van der Waals surface area (Å²) < 4.78 is 5.44. The molecule has 0 spiro atoms. The zero-order valence-corrected chi connectivity index (χ0v) is 16.1. The number of anilines is 1. The van der Waals surface area contributed by atoms with Gasteiger partial charge in [0.1, 0.15) is 6.10 Å².